The van der Waals surface area contributed by atoms with Gasteiger partial charge in [0.25, 0.3) is 5.91 Å². The Morgan fingerprint density at radius 3 is 2.63 bits per heavy atom. The lowest BCUT2D eigenvalue weighted by Gasteiger charge is -2.26. The second-order valence-corrected chi connectivity index (χ2v) is 8.63. The molecule has 0 bridgehead atoms. The zero-order chi connectivity index (χ0) is 19.8. The lowest BCUT2D eigenvalue weighted by Crippen LogP contribution is -2.40. The van der Waals surface area contributed by atoms with Gasteiger partial charge in [-0.1, -0.05) is 32.9 Å². The Bertz CT molecular complexity index is 701. The molecule has 1 aromatic rings. The first kappa shape index (κ1) is 19.7. The van der Waals surface area contributed by atoms with Gasteiger partial charge >= 0.3 is 6.03 Å². The lowest BCUT2D eigenvalue weighted by molar-refractivity contribution is -0.129. The van der Waals surface area contributed by atoms with E-state index >= 15 is 0 Å². The van der Waals surface area contributed by atoms with Gasteiger partial charge in [-0.05, 0) is 48.8 Å². The number of urea groups is 1. The first-order valence-corrected chi connectivity index (χ1v) is 9.72. The monoisotopic (exact) mass is 374 g/mol. The minimum atomic E-state index is -0.916. The molecule has 27 heavy (non-hydrogen) atoms. The molecule has 2 fully saturated rings. The fourth-order valence-corrected chi connectivity index (χ4v) is 3.74. The minimum absolute atomic E-state index is 0.0240. The van der Waals surface area contributed by atoms with Crippen molar-refractivity contribution < 1.29 is 19.4 Å². The van der Waals surface area contributed by atoms with Gasteiger partial charge in [-0.2, -0.15) is 0 Å². The van der Waals surface area contributed by atoms with Crippen molar-refractivity contribution in [2.45, 2.75) is 64.5 Å². The third-order valence-corrected chi connectivity index (χ3v) is 5.40. The van der Waals surface area contributed by atoms with Gasteiger partial charge in [0.2, 0.25) is 0 Å². The van der Waals surface area contributed by atoms with Gasteiger partial charge in [0.1, 0.15) is 24.5 Å². The molecular formula is C21H30N2O4. The number of benzene rings is 1. The maximum Gasteiger partial charge on any atom is 0.327 e. The summed E-state index contributed by atoms with van der Waals surface area (Å²) >= 11 is 0. The first-order chi connectivity index (χ1) is 12.7. The van der Waals surface area contributed by atoms with Gasteiger partial charge in [0.15, 0.2) is 0 Å². The van der Waals surface area contributed by atoms with E-state index in [-0.39, 0.29) is 36.5 Å². The summed E-state index contributed by atoms with van der Waals surface area (Å²) in [6, 6.07) is 5.41. The predicted octanol–water partition coefficient (Wildman–Crippen LogP) is 2.85. The standard InChI is InChI=1S/C21H30N2O4/c1-14-11-15(21(2,3)4)8-9-18(14)27-13-16(24)12-23-19(25)17-7-5-6-10-22(17)20(23)26/h8-9,11,16-17,24H,5-7,10,12-13H2,1-4H3. The molecule has 3 rings (SSSR count). The molecule has 0 spiro atoms. The van der Waals surface area contributed by atoms with Crippen LogP contribution in [0.15, 0.2) is 18.2 Å². The average Bonchev–Trinajstić information content (AvgIpc) is 2.85. The molecular weight excluding hydrogens is 344 g/mol. The maximum atomic E-state index is 12.5. The zero-order valence-corrected chi connectivity index (χ0v) is 16.7. The summed E-state index contributed by atoms with van der Waals surface area (Å²) in [6.45, 7) is 9.08. The smallest absolute Gasteiger partial charge is 0.327 e. The number of amides is 3. The van der Waals surface area contributed by atoms with Crippen LogP contribution in [0, 0.1) is 6.92 Å². The van der Waals surface area contributed by atoms with E-state index in [1.165, 1.54) is 10.5 Å². The molecule has 0 radical (unpaired) electrons. The highest BCUT2D eigenvalue weighted by atomic mass is 16.5. The van der Waals surface area contributed by atoms with Crippen molar-refractivity contribution in [2.24, 2.45) is 0 Å². The maximum absolute atomic E-state index is 12.5. The van der Waals surface area contributed by atoms with Crippen LogP contribution in [-0.4, -0.2) is 58.7 Å². The number of ether oxygens (including phenoxy) is 1. The molecule has 0 aliphatic carbocycles. The van der Waals surface area contributed by atoms with E-state index in [9.17, 15) is 14.7 Å². The highest BCUT2D eigenvalue weighted by Gasteiger charge is 2.46. The summed E-state index contributed by atoms with van der Waals surface area (Å²) in [5.41, 5.74) is 2.28. The van der Waals surface area contributed by atoms with E-state index in [2.05, 4.69) is 26.8 Å². The van der Waals surface area contributed by atoms with Crippen molar-refractivity contribution >= 4 is 11.9 Å². The Hall–Kier alpha value is -2.08. The fourth-order valence-electron chi connectivity index (χ4n) is 3.74. The van der Waals surface area contributed by atoms with E-state index in [4.69, 9.17) is 4.74 Å². The van der Waals surface area contributed by atoms with Crippen LogP contribution in [0.4, 0.5) is 4.79 Å². The van der Waals surface area contributed by atoms with Crippen molar-refractivity contribution in [3.05, 3.63) is 29.3 Å². The summed E-state index contributed by atoms with van der Waals surface area (Å²) in [6.07, 6.45) is 1.69. The number of imide groups is 1. The number of carbonyl (C=O) groups is 2. The quantitative estimate of drug-likeness (QED) is 0.805. The third kappa shape index (κ3) is 4.10. The molecule has 2 aliphatic heterocycles. The number of aliphatic hydroxyl groups excluding tert-OH is 1. The number of β-amino-alcohol motifs (C(OH)–C–C–N with tert-alkyl or cyclic N) is 1. The Morgan fingerprint density at radius 1 is 1.26 bits per heavy atom. The third-order valence-electron chi connectivity index (χ3n) is 5.40. The molecule has 2 atom stereocenters. The average molecular weight is 374 g/mol. The van der Waals surface area contributed by atoms with E-state index in [1.807, 2.05) is 19.1 Å². The van der Waals surface area contributed by atoms with Crippen LogP contribution in [0.2, 0.25) is 0 Å². The van der Waals surface area contributed by atoms with Crippen LogP contribution >= 0.6 is 0 Å². The topological polar surface area (TPSA) is 70.1 Å². The van der Waals surface area contributed by atoms with Gasteiger partial charge < -0.3 is 14.7 Å². The number of carbonyl (C=O) groups excluding carboxylic acids is 2. The lowest BCUT2D eigenvalue weighted by atomic mass is 9.86. The van der Waals surface area contributed by atoms with Crippen molar-refractivity contribution in [2.75, 3.05) is 19.7 Å². The largest absolute Gasteiger partial charge is 0.491 e. The number of hydrogen-bond acceptors (Lipinski definition) is 4. The van der Waals surface area contributed by atoms with Gasteiger partial charge in [-0.15, -0.1) is 0 Å². The molecule has 0 aromatic heterocycles. The molecule has 6 heteroatoms. The summed E-state index contributed by atoms with van der Waals surface area (Å²) in [5, 5.41) is 10.3. The molecule has 2 saturated heterocycles. The normalized spacial score (nSPS) is 21.4. The number of fused-ring (bicyclic) bond motifs is 1. The molecule has 2 unspecified atom stereocenters. The highest BCUT2D eigenvalue weighted by molar-refractivity contribution is 6.04. The van der Waals surface area contributed by atoms with Gasteiger partial charge in [0, 0.05) is 6.54 Å². The fraction of sp³-hybridized carbons (Fsp3) is 0.619. The van der Waals surface area contributed by atoms with Crippen LogP contribution in [0.3, 0.4) is 0 Å². The number of nitrogens with zero attached hydrogens (tertiary/aromatic N) is 2. The Morgan fingerprint density at radius 2 is 2.00 bits per heavy atom. The predicted molar refractivity (Wildman–Crippen MR) is 103 cm³/mol. The number of aliphatic hydroxyl groups is 1. The van der Waals surface area contributed by atoms with E-state index in [1.54, 1.807) is 4.90 Å². The second kappa shape index (κ2) is 7.50. The van der Waals surface area contributed by atoms with Crippen LogP contribution in [-0.2, 0) is 10.2 Å². The van der Waals surface area contributed by atoms with E-state index in [0.717, 1.165) is 18.4 Å². The van der Waals surface area contributed by atoms with Crippen molar-refractivity contribution in [1.82, 2.24) is 9.80 Å². The second-order valence-electron chi connectivity index (χ2n) is 8.63. The summed E-state index contributed by atoms with van der Waals surface area (Å²) in [7, 11) is 0. The molecule has 1 aromatic carbocycles. The Labute approximate surface area is 161 Å². The molecule has 2 aliphatic rings. The SMILES string of the molecule is Cc1cc(C(C)(C)C)ccc1OCC(O)CN1C(=O)C2CCCCN2C1=O. The Balaban J connectivity index is 1.58. The summed E-state index contributed by atoms with van der Waals surface area (Å²) in [5.74, 6) is 0.517. The van der Waals surface area contributed by atoms with Crippen LogP contribution in [0.5, 0.6) is 5.75 Å². The van der Waals surface area contributed by atoms with E-state index < -0.39 is 6.10 Å². The van der Waals surface area contributed by atoms with Crippen molar-refractivity contribution in [1.29, 1.82) is 0 Å². The van der Waals surface area contributed by atoms with Gasteiger partial charge in [-0.3, -0.25) is 9.69 Å². The molecule has 148 valence electrons. The van der Waals surface area contributed by atoms with Gasteiger partial charge in [0.05, 0.1) is 6.54 Å². The van der Waals surface area contributed by atoms with Gasteiger partial charge in [-0.25, -0.2) is 4.79 Å². The number of aryl methyl sites for hydroxylation is 1. The number of hydrogen-bond donors (Lipinski definition) is 1. The summed E-state index contributed by atoms with van der Waals surface area (Å²) < 4.78 is 5.75. The van der Waals surface area contributed by atoms with Crippen LogP contribution in [0.25, 0.3) is 0 Å². The van der Waals surface area contributed by atoms with Crippen molar-refractivity contribution in [3.8, 4) is 5.75 Å². The van der Waals surface area contributed by atoms with Crippen LogP contribution in [0.1, 0.15) is 51.2 Å². The van der Waals surface area contributed by atoms with E-state index in [0.29, 0.717) is 18.7 Å². The number of rotatable bonds is 5. The number of piperidine rings is 1. The van der Waals surface area contributed by atoms with Crippen molar-refractivity contribution in [3.63, 3.8) is 0 Å². The molecule has 6 nitrogen and oxygen atoms in total. The zero-order valence-electron chi connectivity index (χ0n) is 16.7. The molecule has 0 saturated carbocycles. The highest BCUT2D eigenvalue weighted by Crippen LogP contribution is 2.28. The Kier molecular flexibility index (Phi) is 5.47. The molecule has 2 heterocycles. The molecule has 3 amide bonds. The first-order valence-electron chi connectivity index (χ1n) is 9.72. The minimum Gasteiger partial charge on any atom is -0.491 e. The summed E-state index contributed by atoms with van der Waals surface area (Å²) in [4.78, 5) is 27.7. The van der Waals surface area contributed by atoms with Crippen LogP contribution < -0.4 is 4.74 Å². The molecule has 1 N–H and O–H groups in total.